The van der Waals surface area contributed by atoms with Gasteiger partial charge in [-0.2, -0.15) is 0 Å². The lowest BCUT2D eigenvalue weighted by molar-refractivity contribution is 0.862. The third-order valence-electron chi connectivity index (χ3n) is 2.14. The topological polar surface area (TPSA) is 25.8 Å². The van der Waals surface area contributed by atoms with E-state index in [9.17, 15) is 0 Å². The summed E-state index contributed by atoms with van der Waals surface area (Å²) in [6, 6.07) is 12.1. The van der Waals surface area contributed by atoms with Crippen LogP contribution < -0.4 is 0 Å². The van der Waals surface area contributed by atoms with Crippen molar-refractivity contribution >= 4 is 21.6 Å². The van der Waals surface area contributed by atoms with E-state index >= 15 is 0 Å². The van der Waals surface area contributed by atoms with Gasteiger partial charge >= 0.3 is 0 Å². The minimum atomic E-state index is 1.01. The molecule has 0 aliphatic heterocycles. The quantitative estimate of drug-likeness (QED) is 0.753. The van der Waals surface area contributed by atoms with Crippen LogP contribution in [0.4, 0.5) is 0 Å². The van der Waals surface area contributed by atoms with Crippen molar-refractivity contribution in [2.75, 3.05) is 0 Å². The second-order valence-electron chi connectivity index (χ2n) is 3.55. The average Bonchev–Trinajstić information content (AvgIpc) is 2.39. The average molecular weight is 262 g/mol. The molecule has 0 atom stereocenters. The van der Waals surface area contributed by atoms with Crippen molar-refractivity contribution in [3.05, 3.63) is 48.3 Å². The van der Waals surface area contributed by atoms with Crippen LogP contribution in [0.2, 0.25) is 0 Å². The number of hydrogen-bond acceptors (Lipinski definition) is 4. The van der Waals surface area contributed by atoms with Gasteiger partial charge in [-0.1, -0.05) is 25.5 Å². The van der Waals surface area contributed by atoms with E-state index in [0.717, 1.165) is 22.9 Å². The van der Waals surface area contributed by atoms with Gasteiger partial charge in [-0.3, -0.25) is 0 Å². The Morgan fingerprint density at radius 1 is 1.00 bits per heavy atom. The minimum Gasteiger partial charge on any atom is -0.249 e. The zero-order chi connectivity index (χ0) is 11.9. The Morgan fingerprint density at radius 3 is 2.59 bits per heavy atom. The van der Waals surface area contributed by atoms with Gasteiger partial charge in [0.15, 0.2) is 0 Å². The van der Waals surface area contributed by atoms with E-state index in [1.165, 1.54) is 5.69 Å². The van der Waals surface area contributed by atoms with Gasteiger partial charge in [0, 0.05) is 11.9 Å². The molecule has 0 aromatic carbocycles. The lowest BCUT2D eigenvalue weighted by Gasteiger charge is -2.02. The maximum Gasteiger partial charge on any atom is 0.107 e. The standard InChI is InChI=1S/C13H14N2S2/c1-2-6-11-7-5-9-13(15-11)17-16-12-8-3-4-10-14-12/h3-5,7-10H,2,6H2,1H3. The molecule has 0 saturated heterocycles. The number of nitrogens with zero attached hydrogens (tertiary/aromatic N) is 2. The van der Waals surface area contributed by atoms with Crippen molar-refractivity contribution in [3.8, 4) is 0 Å². The molecule has 2 rings (SSSR count). The highest BCUT2D eigenvalue weighted by Gasteiger charge is 2.00. The predicted molar refractivity (Wildman–Crippen MR) is 74.2 cm³/mol. The Morgan fingerprint density at radius 2 is 1.82 bits per heavy atom. The summed E-state index contributed by atoms with van der Waals surface area (Å²) >= 11 is 0. The third kappa shape index (κ3) is 4.06. The van der Waals surface area contributed by atoms with Gasteiger partial charge in [-0.15, -0.1) is 0 Å². The van der Waals surface area contributed by atoms with Gasteiger partial charge in [0.05, 0.1) is 0 Å². The summed E-state index contributed by atoms with van der Waals surface area (Å²) in [6.07, 6.45) is 3.99. The lowest BCUT2D eigenvalue weighted by atomic mass is 10.2. The van der Waals surface area contributed by atoms with E-state index in [4.69, 9.17) is 0 Å². The summed E-state index contributed by atoms with van der Waals surface area (Å²) < 4.78 is 0. The van der Waals surface area contributed by atoms with Crippen molar-refractivity contribution in [2.45, 2.75) is 29.8 Å². The van der Waals surface area contributed by atoms with Crippen LogP contribution in [0.25, 0.3) is 0 Å². The van der Waals surface area contributed by atoms with Crippen LogP contribution in [0, 0.1) is 0 Å². The predicted octanol–water partition coefficient (Wildman–Crippen LogP) is 4.23. The molecule has 0 unspecified atom stereocenters. The van der Waals surface area contributed by atoms with Crippen LogP contribution in [0.1, 0.15) is 19.0 Å². The zero-order valence-corrected chi connectivity index (χ0v) is 11.3. The van der Waals surface area contributed by atoms with Gasteiger partial charge in [0.25, 0.3) is 0 Å². The minimum absolute atomic E-state index is 1.01. The smallest absolute Gasteiger partial charge is 0.107 e. The van der Waals surface area contributed by atoms with Crippen molar-refractivity contribution in [3.63, 3.8) is 0 Å². The normalized spacial score (nSPS) is 10.4. The van der Waals surface area contributed by atoms with Gasteiger partial charge < -0.3 is 0 Å². The molecule has 2 heterocycles. The van der Waals surface area contributed by atoms with Crippen LogP contribution in [0.5, 0.6) is 0 Å². The van der Waals surface area contributed by atoms with Crippen LogP contribution in [0.15, 0.2) is 52.6 Å². The van der Waals surface area contributed by atoms with E-state index in [1.807, 2.05) is 30.5 Å². The zero-order valence-electron chi connectivity index (χ0n) is 9.67. The van der Waals surface area contributed by atoms with Crippen molar-refractivity contribution in [1.29, 1.82) is 0 Å². The number of pyridine rings is 2. The molecular weight excluding hydrogens is 248 g/mol. The molecule has 0 bridgehead atoms. The van der Waals surface area contributed by atoms with Crippen molar-refractivity contribution in [2.24, 2.45) is 0 Å². The van der Waals surface area contributed by atoms with Gasteiger partial charge in [-0.25, -0.2) is 9.97 Å². The van der Waals surface area contributed by atoms with Gasteiger partial charge in [0.2, 0.25) is 0 Å². The molecule has 0 saturated carbocycles. The fourth-order valence-electron chi connectivity index (χ4n) is 1.38. The Labute approximate surface area is 110 Å². The number of aromatic nitrogens is 2. The summed E-state index contributed by atoms with van der Waals surface area (Å²) in [6.45, 7) is 2.17. The van der Waals surface area contributed by atoms with E-state index in [-0.39, 0.29) is 0 Å². The first kappa shape index (κ1) is 12.5. The molecule has 2 nitrogen and oxygen atoms in total. The van der Waals surface area contributed by atoms with Gasteiger partial charge in [-0.05, 0) is 52.3 Å². The Hall–Kier alpha value is -1.00. The van der Waals surface area contributed by atoms with E-state index in [2.05, 4.69) is 29.0 Å². The molecule has 0 amide bonds. The van der Waals surface area contributed by atoms with Crippen LogP contribution in [0.3, 0.4) is 0 Å². The first-order valence-corrected chi connectivity index (χ1v) is 7.75. The Bertz CT molecular complexity index is 460. The molecule has 0 aliphatic rings. The highest BCUT2D eigenvalue weighted by atomic mass is 33.1. The van der Waals surface area contributed by atoms with E-state index in [1.54, 1.807) is 21.6 Å². The van der Waals surface area contributed by atoms with E-state index in [0.29, 0.717) is 0 Å². The largest absolute Gasteiger partial charge is 0.249 e. The summed E-state index contributed by atoms with van der Waals surface area (Å²) in [7, 11) is 3.30. The maximum atomic E-state index is 4.59. The SMILES string of the molecule is CCCc1cccc(SSc2ccccn2)n1. The van der Waals surface area contributed by atoms with Gasteiger partial charge in [0.1, 0.15) is 10.1 Å². The highest BCUT2D eigenvalue weighted by molar-refractivity contribution is 8.76. The second kappa shape index (κ2) is 6.67. The Kier molecular flexibility index (Phi) is 4.88. The van der Waals surface area contributed by atoms with E-state index < -0.39 is 0 Å². The molecule has 0 fully saturated rings. The molecule has 0 spiro atoms. The Balaban J connectivity index is 1.97. The number of aryl methyl sites for hydroxylation is 1. The second-order valence-corrected chi connectivity index (χ2v) is 5.72. The first-order valence-electron chi connectivity index (χ1n) is 5.60. The van der Waals surface area contributed by atoms with Crippen molar-refractivity contribution < 1.29 is 0 Å². The van der Waals surface area contributed by atoms with Crippen LogP contribution in [-0.4, -0.2) is 9.97 Å². The fourth-order valence-corrected chi connectivity index (χ4v) is 3.17. The summed E-state index contributed by atoms with van der Waals surface area (Å²) in [5.41, 5.74) is 1.17. The van der Waals surface area contributed by atoms with Crippen molar-refractivity contribution in [1.82, 2.24) is 9.97 Å². The molecule has 17 heavy (non-hydrogen) atoms. The monoisotopic (exact) mass is 262 g/mol. The molecule has 0 aliphatic carbocycles. The maximum absolute atomic E-state index is 4.59. The summed E-state index contributed by atoms with van der Waals surface area (Å²) in [4.78, 5) is 8.86. The number of hydrogen-bond donors (Lipinski definition) is 0. The first-order chi connectivity index (χ1) is 8.38. The molecule has 0 N–H and O–H groups in total. The molecule has 88 valence electrons. The number of rotatable bonds is 5. The molecule has 2 aromatic rings. The third-order valence-corrected chi connectivity index (χ3v) is 4.31. The fraction of sp³-hybridized carbons (Fsp3) is 0.231. The van der Waals surface area contributed by atoms with Crippen LogP contribution >= 0.6 is 21.6 Å². The summed E-state index contributed by atoms with van der Waals surface area (Å²) in [5.74, 6) is 0. The highest BCUT2D eigenvalue weighted by Crippen LogP contribution is 2.34. The molecule has 4 heteroatoms. The molecular formula is C13H14N2S2. The molecule has 0 radical (unpaired) electrons. The van der Waals surface area contributed by atoms with Crippen LogP contribution in [-0.2, 0) is 6.42 Å². The lowest BCUT2D eigenvalue weighted by Crippen LogP contribution is -1.89. The summed E-state index contributed by atoms with van der Waals surface area (Å²) in [5, 5.41) is 2.06. The molecule has 2 aromatic heterocycles.